The average Bonchev–Trinajstić information content (AvgIpc) is 3.19. The molecule has 1 saturated carbocycles. The van der Waals surface area contributed by atoms with Gasteiger partial charge in [-0.2, -0.15) is 0 Å². The number of hydrogen-bond acceptors (Lipinski definition) is 2. The van der Waals surface area contributed by atoms with Crippen molar-refractivity contribution in [2.24, 2.45) is 4.99 Å². The van der Waals surface area contributed by atoms with E-state index < -0.39 is 0 Å². The second-order valence-electron chi connectivity index (χ2n) is 4.26. The van der Waals surface area contributed by atoms with E-state index in [4.69, 9.17) is 0 Å². The van der Waals surface area contributed by atoms with Crippen LogP contribution in [-0.4, -0.2) is 31.5 Å². The van der Waals surface area contributed by atoms with E-state index in [9.17, 15) is 4.79 Å². The number of carbonyl (C=O) groups is 1. The number of amides is 1. The van der Waals surface area contributed by atoms with E-state index in [0.717, 1.165) is 5.69 Å². The number of carbonyl (C=O) groups excluding carboxylic acids is 1. The zero-order chi connectivity index (χ0) is 12.8. The fraction of sp³-hybridized carbons (Fsp3) is 0.385. The largest absolute Gasteiger partial charge is 0.354 e. The Morgan fingerprint density at radius 2 is 2.00 bits per heavy atom. The van der Waals surface area contributed by atoms with Crippen molar-refractivity contribution in [3.8, 4) is 0 Å². The lowest BCUT2D eigenvalue weighted by atomic mass is 10.3. The van der Waals surface area contributed by atoms with Crippen molar-refractivity contribution in [2.45, 2.75) is 18.9 Å². The fourth-order valence-corrected chi connectivity index (χ4v) is 1.51. The highest BCUT2D eigenvalue weighted by Gasteiger charge is 2.22. The van der Waals surface area contributed by atoms with Gasteiger partial charge in [-0.1, -0.05) is 18.2 Å². The molecule has 3 N–H and O–H groups in total. The molecule has 0 saturated heterocycles. The summed E-state index contributed by atoms with van der Waals surface area (Å²) in [5.41, 5.74) is 0.800. The summed E-state index contributed by atoms with van der Waals surface area (Å²) in [6.07, 6.45) is 2.35. The Hall–Kier alpha value is -1.31. The summed E-state index contributed by atoms with van der Waals surface area (Å²) in [6.45, 7) is 0.210. The highest BCUT2D eigenvalue weighted by atomic mass is 127. The Balaban J connectivity index is 0.00000180. The van der Waals surface area contributed by atoms with Gasteiger partial charge in [-0.05, 0) is 25.0 Å². The number of para-hydroxylation sites is 1. The van der Waals surface area contributed by atoms with Gasteiger partial charge in [-0.3, -0.25) is 9.79 Å². The molecular weight excluding hydrogens is 355 g/mol. The Bertz CT molecular complexity index is 432. The molecule has 6 heteroatoms. The zero-order valence-corrected chi connectivity index (χ0v) is 13.2. The number of halogens is 1. The van der Waals surface area contributed by atoms with Crippen LogP contribution < -0.4 is 16.0 Å². The highest BCUT2D eigenvalue weighted by molar-refractivity contribution is 14.0. The molecule has 0 aliphatic heterocycles. The van der Waals surface area contributed by atoms with Crippen LogP contribution in [0.3, 0.4) is 0 Å². The van der Waals surface area contributed by atoms with Gasteiger partial charge in [0, 0.05) is 18.8 Å². The minimum atomic E-state index is -0.0834. The first-order chi connectivity index (χ1) is 8.78. The van der Waals surface area contributed by atoms with Gasteiger partial charge < -0.3 is 16.0 Å². The van der Waals surface area contributed by atoms with Crippen molar-refractivity contribution in [1.82, 2.24) is 10.6 Å². The number of nitrogens with zero attached hydrogens (tertiary/aromatic N) is 1. The summed E-state index contributed by atoms with van der Waals surface area (Å²) in [5, 5.41) is 9.01. The Morgan fingerprint density at radius 1 is 1.32 bits per heavy atom. The number of rotatable bonds is 4. The van der Waals surface area contributed by atoms with Gasteiger partial charge in [-0.25, -0.2) is 0 Å². The minimum absolute atomic E-state index is 0. The average molecular weight is 374 g/mol. The Kier molecular flexibility index (Phi) is 6.61. The molecule has 1 aromatic carbocycles. The normalized spacial score (nSPS) is 14.3. The predicted molar refractivity (Wildman–Crippen MR) is 88.0 cm³/mol. The summed E-state index contributed by atoms with van der Waals surface area (Å²) in [5.74, 6) is 0.598. The van der Waals surface area contributed by atoms with Crippen molar-refractivity contribution in [1.29, 1.82) is 0 Å². The van der Waals surface area contributed by atoms with Crippen LogP contribution in [0.4, 0.5) is 5.69 Å². The summed E-state index contributed by atoms with van der Waals surface area (Å²) in [6, 6.07) is 9.92. The molecule has 0 bridgehead atoms. The molecule has 1 aliphatic rings. The standard InChI is InChI=1S/C13H18N4O.HI/c1-14-13(17-11-7-8-11)15-9-12(18)16-10-5-3-2-4-6-10;/h2-6,11H,7-9H2,1H3,(H,16,18)(H2,14,15,17);1H. The van der Waals surface area contributed by atoms with Crippen molar-refractivity contribution < 1.29 is 4.79 Å². The first-order valence-corrected chi connectivity index (χ1v) is 6.10. The molecule has 19 heavy (non-hydrogen) atoms. The third kappa shape index (κ3) is 5.91. The van der Waals surface area contributed by atoms with Crippen molar-refractivity contribution in [2.75, 3.05) is 18.9 Å². The maximum absolute atomic E-state index is 11.7. The molecule has 0 unspecified atom stereocenters. The number of anilines is 1. The second kappa shape index (κ2) is 7.98. The number of hydrogen-bond donors (Lipinski definition) is 3. The molecule has 104 valence electrons. The molecule has 0 spiro atoms. The van der Waals surface area contributed by atoms with Crippen LogP contribution in [0.5, 0.6) is 0 Å². The van der Waals surface area contributed by atoms with Crippen LogP contribution in [-0.2, 0) is 4.79 Å². The van der Waals surface area contributed by atoms with Gasteiger partial charge >= 0.3 is 0 Å². The molecule has 2 rings (SSSR count). The van der Waals surface area contributed by atoms with Crippen LogP contribution in [0.25, 0.3) is 0 Å². The third-order valence-corrected chi connectivity index (χ3v) is 2.62. The topological polar surface area (TPSA) is 65.5 Å². The van der Waals surface area contributed by atoms with E-state index in [1.54, 1.807) is 7.05 Å². The van der Waals surface area contributed by atoms with E-state index in [-0.39, 0.29) is 36.4 Å². The molecule has 1 amide bonds. The molecular formula is C13H19IN4O. The van der Waals surface area contributed by atoms with Crippen molar-refractivity contribution in [3.63, 3.8) is 0 Å². The maximum atomic E-state index is 11.7. The van der Waals surface area contributed by atoms with Gasteiger partial charge in [-0.15, -0.1) is 24.0 Å². The SMILES string of the molecule is CN=C(NCC(=O)Nc1ccccc1)NC1CC1.I. The number of benzene rings is 1. The number of guanidine groups is 1. The van der Waals surface area contributed by atoms with E-state index >= 15 is 0 Å². The van der Waals surface area contributed by atoms with Crippen molar-refractivity contribution >= 4 is 41.5 Å². The monoisotopic (exact) mass is 374 g/mol. The summed E-state index contributed by atoms with van der Waals surface area (Å²) in [7, 11) is 1.70. The van der Waals surface area contributed by atoms with Crippen LogP contribution in [0.1, 0.15) is 12.8 Å². The second-order valence-corrected chi connectivity index (χ2v) is 4.26. The molecule has 0 atom stereocenters. The molecule has 1 fully saturated rings. The van der Waals surface area contributed by atoms with E-state index in [1.807, 2.05) is 30.3 Å². The van der Waals surface area contributed by atoms with Crippen LogP contribution in [0.2, 0.25) is 0 Å². The quantitative estimate of drug-likeness (QED) is 0.426. The summed E-state index contributed by atoms with van der Waals surface area (Å²) >= 11 is 0. The van der Waals surface area contributed by atoms with E-state index in [2.05, 4.69) is 20.9 Å². The summed E-state index contributed by atoms with van der Waals surface area (Å²) < 4.78 is 0. The Morgan fingerprint density at radius 3 is 2.58 bits per heavy atom. The Labute approximate surface area is 130 Å². The zero-order valence-electron chi connectivity index (χ0n) is 10.8. The van der Waals surface area contributed by atoms with E-state index in [0.29, 0.717) is 12.0 Å². The maximum Gasteiger partial charge on any atom is 0.243 e. The van der Waals surface area contributed by atoms with Gasteiger partial charge in [0.25, 0.3) is 0 Å². The lowest BCUT2D eigenvalue weighted by Crippen LogP contribution is -2.42. The molecule has 0 heterocycles. The van der Waals surface area contributed by atoms with Gasteiger partial charge in [0.1, 0.15) is 0 Å². The van der Waals surface area contributed by atoms with Crippen molar-refractivity contribution in [3.05, 3.63) is 30.3 Å². The van der Waals surface area contributed by atoms with E-state index in [1.165, 1.54) is 12.8 Å². The third-order valence-electron chi connectivity index (χ3n) is 2.62. The van der Waals surface area contributed by atoms with Crippen LogP contribution >= 0.6 is 24.0 Å². The highest BCUT2D eigenvalue weighted by Crippen LogP contribution is 2.18. The number of nitrogens with one attached hydrogen (secondary N) is 3. The first-order valence-electron chi connectivity index (χ1n) is 6.10. The van der Waals surface area contributed by atoms with Crippen LogP contribution in [0, 0.1) is 0 Å². The molecule has 5 nitrogen and oxygen atoms in total. The van der Waals surface area contributed by atoms with Gasteiger partial charge in [0.05, 0.1) is 6.54 Å². The minimum Gasteiger partial charge on any atom is -0.354 e. The van der Waals surface area contributed by atoms with Crippen LogP contribution in [0.15, 0.2) is 35.3 Å². The lowest BCUT2D eigenvalue weighted by Gasteiger charge is -2.11. The molecule has 0 aromatic heterocycles. The predicted octanol–water partition coefficient (Wildman–Crippen LogP) is 1.57. The smallest absolute Gasteiger partial charge is 0.243 e. The molecule has 0 radical (unpaired) electrons. The summed E-state index contributed by atoms with van der Waals surface area (Å²) in [4.78, 5) is 15.7. The van der Waals surface area contributed by atoms with Gasteiger partial charge in [0.2, 0.25) is 5.91 Å². The first kappa shape index (κ1) is 15.7. The molecule has 1 aliphatic carbocycles. The fourth-order valence-electron chi connectivity index (χ4n) is 1.51. The lowest BCUT2D eigenvalue weighted by molar-refractivity contribution is -0.115. The number of aliphatic imine (C=N–C) groups is 1. The van der Waals surface area contributed by atoms with Gasteiger partial charge in [0.15, 0.2) is 5.96 Å². The molecule has 1 aromatic rings.